The van der Waals surface area contributed by atoms with Crippen LogP contribution in [0.2, 0.25) is 5.02 Å². The summed E-state index contributed by atoms with van der Waals surface area (Å²) in [6.07, 6.45) is 0. The summed E-state index contributed by atoms with van der Waals surface area (Å²) in [5.41, 5.74) is 1.68. The van der Waals surface area contributed by atoms with Crippen molar-refractivity contribution in [2.24, 2.45) is 0 Å². The molecule has 0 aromatic heterocycles. The zero-order valence-electron chi connectivity index (χ0n) is 7.93. The number of hydrogen-bond donors (Lipinski definition) is 0. The number of rotatable bonds is 0. The summed E-state index contributed by atoms with van der Waals surface area (Å²) >= 11 is 5.88. The molecule has 0 aliphatic carbocycles. The third kappa shape index (κ3) is 2.79. The fourth-order valence-electron chi connectivity index (χ4n) is 0.845. The van der Waals surface area contributed by atoms with Gasteiger partial charge in [0.05, 0.1) is 7.11 Å². The molecule has 2 nitrogen and oxygen atoms in total. The highest BCUT2D eigenvalue weighted by Gasteiger charge is 1.95. The molecule has 72 valence electrons. The molecule has 0 atom stereocenters. The molecule has 0 aliphatic heterocycles. The van der Waals surface area contributed by atoms with Crippen molar-refractivity contribution in [1.29, 1.82) is 0 Å². The van der Waals surface area contributed by atoms with Gasteiger partial charge in [-0.25, -0.2) is 4.79 Å². The first kappa shape index (κ1) is 10.6. The highest BCUT2D eigenvalue weighted by atomic mass is 35.5. The largest absolute Gasteiger partial charge is 0.459 e. The highest BCUT2D eigenvalue weighted by molar-refractivity contribution is 6.31. The molecule has 1 aromatic carbocycles. The van der Waals surface area contributed by atoms with Crippen LogP contribution in [0.3, 0.4) is 0 Å². The van der Waals surface area contributed by atoms with E-state index in [0.29, 0.717) is 10.6 Å². The van der Waals surface area contributed by atoms with Gasteiger partial charge in [-0.2, -0.15) is 0 Å². The standard InChI is InChI=1S/C11H9ClO2/c1-8-3-4-9(7-10(8)12)5-6-11(13)14-2/h3-4,7H,1-2H3. The minimum Gasteiger partial charge on any atom is -0.459 e. The lowest BCUT2D eigenvalue weighted by Gasteiger charge is -1.96. The molecule has 14 heavy (non-hydrogen) atoms. The molecule has 0 N–H and O–H groups in total. The van der Waals surface area contributed by atoms with Crippen LogP contribution in [-0.2, 0) is 9.53 Å². The van der Waals surface area contributed by atoms with E-state index in [4.69, 9.17) is 11.6 Å². The van der Waals surface area contributed by atoms with Gasteiger partial charge in [0.15, 0.2) is 0 Å². The van der Waals surface area contributed by atoms with Gasteiger partial charge < -0.3 is 4.74 Å². The zero-order valence-corrected chi connectivity index (χ0v) is 8.68. The minimum absolute atomic E-state index is 0.554. The highest BCUT2D eigenvalue weighted by Crippen LogP contribution is 2.15. The van der Waals surface area contributed by atoms with Crippen LogP contribution in [0, 0.1) is 18.8 Å². The minimum atomic E-state index is -0.554. The number of carbonyl (C=O) groups is 1. The Morgan fingerprint density at radius 1 is 1.50 bits per heavy atom. The summed E-state index contributed by atoms with van der Waals surface area (Å²) in [4.78, 5) is 10.7. The van der Waals surface area contributed by atoms with Gasteiger partial charge in [-0.3, -0.25) is 0 Å². The first-order chi connectivity index (χ1) is 6.63. The maximum Gasteiger partial charge on any atom is 0.384 e. The fourth-order valence-corrected chi connectivity index (χ4v) is 1.03. The third-order valence-electron chi connectivity index (χ3n) is 1.67. The summed E-state index contributed by atoms with van der Waals surface area (Å²) in [6.45, 7) is 1.90. The zero-order chi connectivity index (χ0) is 10.6. The van der Waals surface area contributed by atoms with Crippen LogP contribution in [0.4, 0.5) is 0 Å². The Labute approximate surface area is 87.8 Å². The molecule has 0 fully saturated rings. The van der Waals surface area contributed by atoms with Gasteiger partial charge in [-0.1, -0.05) is 23.6 Å². The van der Waals surface area contributed by atoms with Crippen LogP contribution in [0.25, 0.3) is 0 Å². The Morgan fingerprint density at radius 3 is 2.79 bits per heavy atom. The number of methoxy groups -OCH3 is 1. The summed E-state index contributed by atoms with van der Waals surface area (Å²) in [6, 6.07) is 5.37. The van der Waals surface area contributed by atoms with Gasteiger partial charge in [0.1, 0.15) is 0 Å². The lowest BCUT2D eigenvalue weighted by molar-refractivity contribution is -0.133. The quantitative estimate of drug-likeness (QED) is 0.483. The molecule has 0 heterocycles. The molecule has 0 amide bonds. The molecular formula is C11H9ClO2. The molecule has 0 saturated heterocycles. The van der Waals surface area contributed by atoms with Crippen molar-refractivity contribution in [3.63, 3.8) is 0 Å². The predicted octanol–water partition coefficient (Wildman–Crippen LogP) is 2.17. The van der Waals surface area contributed by atoms with E-state index in [1.165, 1.54) is 7.11 Å². The summed E-state index contributed by atoms with van der Waals surface area (Å²) in [5, 5.41) is 0.640. The van der Waals surface area contributed by atoms with E-state index in [-0.39, 0.29) is 0 Å². The number of ether oxygens (including phenoxy) is 1. The normalized spacial score (nSPS) is 8.79. The smallest absolute Gasteiger partial charge is 0.384 e. The van der Waals surface area contributed by atoms with Crippen LogP contribution < -0.4 is 0 Å². The molecular weight excluding hydrogens is 200 g/mol. The number of hydrogen-bond acceptors (Lipinski definition) is 2. The number of aryl methyl sites for hydroxylation is 1. The van der Waals surface area contributed by atoms with Crippen molar-refractivity contribution in [2.75, 3.05) is 7.11 Å². The molecule has 1 aromatic rings. The molecule has 1 rings (SSSR count). The van der Waals surface area contributed by atoms with Crippen molar-refractivity contribution in [1.82, 2.24) is 0 Å². The molecule has 0 saturated carbocycles. The second-order valence-electron chi connectivity index (χ2n) is 2.71. The summed E-state index contributed by atoms with van der Waals surface area (Å²) < 4.78 is 4.38. The van der Waals surface area contributed by atoms with Gasteiger partial charge in [0, 0.05) is 16.5 Å². The molecule has 0 aliphatic rings. The van der Waals surface area contributed by atoms with Crippen LogP contribution in [0.1, 0.15) is 11.1 Å². The Bertz CT molecular complexity index is 413. The number of benzene rings is 1. The fraction of sp³-hybridized carbons (Fsp3) is 0.182. The van der Waals surface area contributed by atoms with E-state index < -0.39 is 5.97 Å². The van der Waals surface area contributed by atoms with E-state index in [9.17, 15) is 4.79 Å². The Kier molecular flexibility index (Phi) is 3.55. The Hall–Kier alpha value is -1.46. The first-order valence-electron chi connectivity index (χ1n) is 3.99. The van der Waals surface area contributed by atoms with Crippen molar-refractivity contribution in [2.45, 2.75) is 6.92 Å². The van der Waals surface area contributed by atoms with Crippen molar-refractivity contribution >= 4 is 17.6 Å². The maximum absolute atomic E-state index is 10.7. The average molecular weight is 209 g/mol. The number of halogens is 1. The van der Waals surface area contributed by atoms with Crippen LogP contribution in [0.15, 0.2) is 18.2 Å². The van der Waals surface area contributed by atoms with E-state index in [0.717, 1.165) is 5.56 Å². The van der Waals surface area contributed by atoms with Crippen molar-refractivity contribution < 1.29 is 9.53 Å². The topological polar surface area (TPSA) is 26.3 Å². The average Bonchev–Trinajstić information content (AvgIpc) is 2.19. The first-order valence-corrected chi connectivity index (χ1v) is 4.37. The molecule has 0 spiro atoms. The lowest BCUT2D eigenvalue weighted by Crippen LogP contribution is -1.94. The molecule has 0 radical (unpaired) electrons. The maximum atomic E-state index is 10.7. The monoisotopic (exact) mass is 208 g/mol. The van der Waals surface area contributed by atoms with Crippen LogP contribution >= 0.6 is 11.6 Å². The van der Waals surface area contributed by atoms with Crippen LogP contribution in [0.5, 0.6) is 0 Å². The van der Waals surface area contributed by atoms with E-state index >= 15 is 0 Å². The predicted molar refractivity (Wildman–Crippen MR) is 55.1 cm³/mol. The third-order valence-corrected chi connectivity index (χ3v) is 2.07. The summed E-state index contributed by atoms with van der Waals surface area (Å²) in [7, 11) is 1.29. The van der Waals surface area contributed by atoms with Gasteiger partial charge in [0.25, 0.3) is 0 Å². The van der Waals surface area contributed by atoms with E-state index in [1.54, 1.807) is 12.1 Å². The summed E-state index contributed by atoms with van der Waals surface area (Å²) in [5.74, 6) is 4.43. The van der Waals surface area contributed by atoms with Gasteiger partial charge in [0.2, 0.25) is 0 Å². The second kappa shape index (κ2) is 4.69. The van der Waals surface area contributed by atoms with Gasteiger partial charge in [-0.05, 0) is 24.6 Å². The lowest BCUT2D eigenvalue weighted by atomic mass is 10.1. The Balaban J connectivity index is 2.91. The Morgan fingerprint density at radius 2 is 2.21 bits per heavy atom. The van der Waals surface area contributed by atoms with Crippen molar-refractivity contribution in [3.8, 4) is 11.8 Å². The molecule has 0 unspecified atom stereocenters. The number of esters is 1. The van der Waals surface area contributed by atoms with Crippen molar-refractivity contribution in [3.05, 3.63) is 34.3 Å². The molecule has 3 heteroatoms. The molecule has 0 bridgehead atoms. The van der Waals surface area contributed by atoms with Gasteiger partial charge in [-0.15, -0.1) is 0 Å². The van der Waals surface area contributed by atoms with E-state index in [1.807, 2.05) is 13.0 Å². The second-order valence-corrected chi connectivity index (χ2v) is 3.11. The van der Waals surface area contributed by atoms with E-state index in [2.05, 4.69) is 16.6 Å². The number of carbonyl (C=O) groups excluding carboxylic acids is 1. The van der Waals surface area contributed by atoms with Crippen LogP contribution in [-0.4, -0.2) is 13.1 Å². The SMILES string of the molecule is COC(=O)C#Cc1ccc(C)c(Cl)c1. The van der Waals surface area contributed by atoms with Gasteiger partial charge >= 0.3 is 5.97 Å².